The van der Waals surface area contributed by atoms with Crippen LogP contribution in [-0.2, 0) is 5.33 Å². The fourth-order valence-electron chi connectivity index (χ4n) is 2.93. The Balaban J connectivity index is 0.00000264. The fourth-order valence-corrected chi connectivity index (χ4v) is 3.49. The van der Waals surface area contributed by atoms with Crippen molar-refractivity contribution in [3.8, 4) is 0 Å². The van der Waals surface area contributed by atoms with E-state index in [1.54, 1.807) is 12.0 Å². The molecule has 2 rings (SSSR count). The molecule has 0 aromatic heterocycles. The average Bonchev–Trinajstić information content (AvgIpc) is 2.49. The first-order valence-electron chi connectivity index (χ1n) is 8.17. The summed E-state index contributed by atoms with van der Waals surface area (Å²) in [6.45, 7) is 0.711. The summed E-state index contributed by atoms with van der Waals surface area (Å²) in [5.74, 6) is 1.54. The number of alkyl halides is 1. The molecule has 1 N–H and O–H groups in total. The van der Waals surface area contributed by atoms with Crippen LogP contribution < -0.4 is 5.32 Å². The lowest BCUT2D eigenvalue weighted by molar-refractivity contribution is 0.0953. The van der Waals surface area contributed by atoms with Crippen molar-refractivity contribution in [2.24, 2.45) is 0 Å². The SMILES string of the molecule is O=C(NCC[C]1CCCCCCC1)c1cc(CBr)ccc1Cl.[CH2].[CH2]. The quantitative estimate of drug-likeness (QED) is 0.561. The molecule has 5 radical (unpaired) electrons. The molecule has 0 heterocycles. The molecule has 1 aliphatic carbocycles. The lowest BCUT2D eigenvalue weighted by Gasteiger charge is -2.19. The summed E-state index contributed by atoms with van der Waals surface area (Å²) in [5, 5.41) is 4.25. The van der Waals surface area contributed by atoms with Crippen LogP contribution in [0.25, 0.3) is 0 Å². The molecule has 0 aliphatic heterocycles. The number of benzene rings is 1. The largest absolute Gasteiger partial charge is 0.352 e. The molecule has 0 bridgehead atoms. The molecule has 1 saturated carbocycles. The predicted octanol–water partition coefficient (Wildman–Crippen LogP) is 6.33. The van der Waals surface area contributed by atoms with Crippen LogP contribution in [0.3, 0.4) is 0 Å². The predicted molar refractivity (Wildman–Crippen MR) is 107 cm³/mol. The van der Waals surface area contributed by atoms with Crippen molar-refractivity contribution in [3.05, 3.63) is 55.1 Å². The summed E-state index contributed by atoms with van der Waals surface area (Å²) >= 11 is 9.54. The van der Waals surface area contributed by atoms with Crippen molar-refractivity contribution in [1.82, 2.24) is 5.32 Å². The van der Waals surface area contributed by atoms with Crippen LogP contribution in [-0.4, -0.2) is 12.5 Å². The Morgan fingerprint density at radius 3 is 2.33 bits per heavy atom. The Labute approximate surface area is 161 Å². The Bertz CT molecular complexity index is 485. The topological polar surface area (TPSA) is 29.1 Å². The number of carbonyl (C=O) groups excluding carboxylic acids is 1. The van der Waals surface area contributed by atoms with Crippen LogP contribution in [0.2, 0.25) is 5.02 Å². The summed E-state index contributed by atoms with van der Waals surface area (Å²) in [4.78, 5) is 12.3. The van der Waals surface area contributed by atoms with Gasteiger partial charge in [-0.15, -0.1) is 0 Å². The Morgan fingerprint density at radius 2 is 1.71 bits per heavy atom. The molecule has 0 atom stereocenters. The summed E-state index contributed by atoms with van der Waals surface area (Å²) in [7, 11) is 0. The van der Waals surface area contributed by atoms with Crippen LogP contribution in [0.4, 0.5) is 0 Å². The fraction of sp³-hybridized carbons (Fsp3) is 0.500. The molecular weight excluding hydrogens is 386 g/mol. The maximum Gasteiger partial charge on any atom is 0.252 e. The number of hydrogen-bond donors (Lipinski definition) is 1. The monoisotopic (exact) mass is 412 g/mol. The van der Waals surface area contributed by atoms with Gasteiger partial charge >= 0.3 is 0 Å². The van der Waals surface area contributed by atoms with E-state index >= 15 is 0 Å². The van der Waals surface area contributed by atoms with Crippen LogP contribution >= 0.6 is 27.5 Å². The summed E-state index contributed by atoms with van der Waals surface area (Å²) in [5.41, 5.74) is 1.63. The van der Waals surface area contributed by atoms with Crippen LogP contribution in [0.15, 0.2) is 18.2 Å². The van der Waals surface area contributed by atoms with E-state index in [1.807, 2.05) is 12.1 Å². The maximum absolute atomic E-state index is 12.3. The van der Waals surface area contributed by atoms with Gasteiger partial charge in [-0.1, -0.05) is 80.6 Å². The van der Waals surface area contributed by atoms with E-state index in [9.17, 15) is 4.79 Å². The van der Waals surface area contributed by atoms with Crippen molar-refractivity contribution in [3.63, 3.8) is 0 Å². The molecule has 0 spiro atoms. The Morgan fingerprint density at radius 1 is 1.08 bits per heavy atom. The van der Waals surface area contributed by atoms with Gasteiger partial charge in [-0.05, 0) is 42.9 Å². The van der Waals surface area contributed by atoms with Crippen LogP contribution in [0.1, 0.15) is 67.3 Å². The number of rotatable bonds is 5. The second-order valence-electron chi connectivity index (χ2n) is 5.97. The second-order valence-corrected chi connectivity index (χ2v) is 6.94. The number of hydrogen-bond acceptors (Lipinski definition) is 1. The van der Waals surface area contributed by atoms with Crippen molar-refractivity contribution < 1.29 is 4.79 Å². The third-order valence-electron chi connectivity index (χ3n) is 4.25. The van der Waals surface area contributed by atoms with Gasteiger partial charge in [0, 0.05) is 11.9 Å². The molecule has 0 saturated heterocycles. The summed E-state index contributed by atoms with van der Waals surface area (Å²) in [6.07, 6.45) is 10.2. The number of carbonyl (C=O) groups is 1. The normalized spacial score (nSPS) is 15.4. The highest BCUT2D eigenvalue weighted by Gasteiger charge is 2.14. The molecule has 4 heteroatoms. The van der Waals surface area contributed by atoms with Gasteiger partial charge in [-0.2, -0.15) is 0 Å². The van der Waals surface area contributed by atoms with Crippen molar-refractivity contribution in [2.75, 3.05) is 6.54 Å². The zero-order valence-corrected chi connectivity index (χ0v) is 16.7. The zero-order chi connectivity index (χ0) is 15.8. The average molecular weight is 414 g/mol. The minimum absolute atomic E-state index is 0. The Kier molecular flexibility index (Phi) is 12.5. The lowest BCUT2D eigenvalue weighted by Crippen LogP contribution is -2.26. The molecule has 24 heavy (non-hydrogen) atoms. The first-order valence-corrected chi connectivity index (χ1v) is 9.67. The van der Waals surface area contributed by atoms with E-state index in [2.05, 4.69) is 21.2 Å². The van der Waals surface area contributed by atoms with Crippen LogP contribution in [0.5, 0.6) is 0 Å². The highest BCUT2D eigenvalue weighted by molar-refractivity contribution is 9.08. The molecule has 1 amide bonds. The highest BCUT2D eigenvalue weighted by Crippen LogP contribution is 2.26. The number of halogens is 2. The van der Waals surface area contributed by atoms with Crippen molar-refractivity contribution in [2.45, 2.75) is 56.7 Å². The van der Waals surface area contributed by atoms with Crippen LogP contribution in [0, 0.1) is 20.8 Å². The van der Waals surface area contributed by atoms with Gasteiger partial charge in [0.15, 0.2) is 0 Å². The minimum atomic E-state index is -0.0701. The van der Waals surface area contributed by atoms with Gasteiger partial charge in [0.25, 0.3) is 5.91 Å². The van der Waals surface area contributed by atoms with Crippen molar-refractivity contribution >= 4 is 33.4 Å². The van der Waals surface area contributed by atoms with Gasteiger partial charge in [0.2, 0.25) is 0 Å². The molecule has 1 fully saturated rings. The third kappa shape index (κ3) is 7.57. The van der Waals surface area contributed by atoms with Gasteiger partial charge < -0.3 is 5.32 Å². The van der Waals surface area contributed by atoms with E-state index in [0.717, 1.165) is 17.3 Å². The van der Waals surface area contributed by atoms with E-state index < -0.39 is 0 Å². The smallest absolute Gasteiger partial charge is 0.252 e. The van der Waals surface area contributed by atoms with Gasteiger partial charge in [0.1, 0.15) is 0 Å². The van der Waals surface area contributed by atoms with Crippen molar-refractivity contribution in [1.29, 1.82) is 0 Å². The van der Waals surface area contributed by atoms with E-state index in [4.69, 9.17) is 11.6 Å². The lowest BCUT2D eigenvalue weighted by atomic mass is 9.89. The van der Waals surface area contributed by atoms with E-state index in [-0.39, 0.29) is 20.8 Å². The first kappa shape index (κ1) is 23.5. The first-order chi connectivity index (χ1) is 10.7. The van der Waals surface area contributed by atoms with Gasteiger partial charge in [-0.3, -0.25) is 4.79 Å². The molecule has 1 aromatic rings. The second kappa shape index (κ2) is 12.8. The highest BCUT2D eigenvalue weighted by atomic mass is 79.9. The molecular formula is C20H28BrClNO. The molecule has 1 aromatic carbocycles. The van der Waals surface area contributed by atoms with Gasteiger partial charge in [0.05, 0.1) is 10.6 Å². The summed E-state index contributed by atoms with van der Waals surface area (Å²) in [6, 6.07) is 5.57. The molecule has 2 nitrogen and oxygen atoms in total. The van der Waals surface area contributed by atoms with E-state index in [1.165, 1.54) is 44.9 Å². The number of amides is 1. The van der Waals surface area contributed by atoms with E-state index in [0.29, 0.717) is 17.1 Å². The minimum Gasteiger partial charge on any atom is -0.352 e. The third-order valence-corrected chi connectivity index (χ3v) is 5.23. The standard InChI is InChI=1S/C18H24BrClNO.2CH2/c19-13-15-8-9-17(20)16(12-15)18(22)21-11-10-14-6-4-2-1-3-5-7-14;;/h8-9,12H,1-7,10-11,13H2,(H,21,22);2*1H2. The molecule has 133 valence electrons. The molecule has 0 unspecified atom stereocenters. The molecule has 1 aliphatic rings. The summed E-state index contributed by atoms with van der Waals surface area (Å²) < 4.78 is 0. The zero-order valence-electron chi connectivity index (χ0n) is 14.4. The Hall–Kier alpha value is -0.540. The van der Waals surface area contributed by atoms with Gasteiger partial charge in [-0.25, -0.2) is 0 Å². The number of nitrogens with one attached hydrogen (secondary N) is 1. The maximum atomic E-state index is 12.3.